The number of aliphatic carboxylic acids is 1. The molecule has 2 aliphatic rings. The zero-order valence-corrected chi connectivity index (χ0v) is 31.6. The molecule has 1 aliphatic heterocycles. The highest BCUT2D eigenvalue weighted by molar-refractivity contribution is 5.86. The van der Waals surface area contributed by atoms with Gasteiger partial charge in [-0.25, -0.2) is 4.39 Å². The summed E-state index contributed by atoms with van der Waals surface area (Å²) in [5.41, 5.74) is 6.23. The van der Waals surface area contributed by atoms with Crippen molar-refractivity contribution in [1.29, 1.82) is 0 Å². The fraction of sp³-hybridized carbons (Fsp3) is 0.579. The Morgan fingerprint density at radius 3 is 2.25 bits per heavy atom. The van der Waals surface area contributed by atoms with Crippen LogP contribution in [0.15, 0.2) is 54.6 Å². The molecule has 5 rings (SSSR count). The van der Waals surface area contributed by atoms with E-state index in [0.717, 1.165) is 76.0 Å². The minimum atomic E-state index is -0.747. The van der Waals surface area contributed by atoms with Gasteiger partial charge in [0.2, 0.25) is 0 Å². The van der Waals surface area contributed by atoms with Crippen LogP contribution in [-0.2, 0) is 24.2 Å². The lowest BCUT2D eigenvalue weighted by Crippen LogP contribution is -2.45. The van der Waals surface area contributed by atoms with Gasteiger partial charge in [0.1, 0.15) is 11.9 Å². The molecule has 48 heavy (non-hydrogen) atoms. The Morgan fingerprint density at radius 1 is 1.00 bits per heavy atom. The molecule has 0 radical (unpaired) electrons. The number of carbonyl (C=O) groups is 1. The molecule has 2 aromatic carbocycles. The Labute approximate surface area is 306 Å². The largest absolute Gasteiger partial charge is 0.480 e. The lowest BCUT2D eigenvalue weighted by Gasteiger charge is -2.35. The van der Waals surface area contributed by atoms with E-state index in [1.807, 2.05) is 13.1 Å². The normalized spacial score (nSPS) is 20.6. The van der Waals surface area contributed by atoms with E-state index in [9.17, 15) is 14.3 Å². The molecule has 1 N–H and O–H groups in total. The van der Waals surface area contributed by atoms with E-state index < -0.39 is 12.0 Å². The zero-order chi connectivity index (χ0) is 32.1. The summed E-state index contributed by atoms with van der Waals surface area (Å²) in [5.74, 6) is 0.433. The first-order chi connectivity index (χ1) is 21.6. The van der Waals surface area contributed by atoms with Crippen molar-refractivity contribution >= 4 is 43.2 Å². The van der Waals surface area contributed by atoms with Crippen molar-refractivity contribution in [2.75, 3.05) is 26.7 Å². The van der Waals surface area contributed by atoms with Gasteiger partial charge in [0.25, 0.3) is 0 Å². The zero-order valence-electron chi connectivity index (χ0n) is 29.2. The van der Waals surface area contributed by atoms with Crippen LogP contribution >= 0.6 is 37.2 Å². The number of piperidine rings is 1. The topological polar surface area (TPSA) is 61.6 Å². The minimum absolute atomic E-state index is 0. The molecule has 3 aromatic rings. The molecule has 10 heteroatoms. The van der Waals surface area contributed by atoms with Gasteiger partial charge in [-0.1, -0.05) is 57.2 Å². The number of hydrogen-bond donors (Lipinski definition) is 1. The first-order valence-electron chi connectivity index (χ1n) is 17.2. The third kappa shape index (κ3) is 10.4. The quantitative estimate of drug-likeness (QED) is 0.191. The van der Waals surface area contributed by atoms with E-state index in [4.69, 9.17) is 5.10 Å². The second-order valence-corrected chi connectivity index (χ2v) is 14.0. The van der Waals surface area contributed by atoms with Gasteiger partial charge in [-0.2, -0.15) is 5.10 Å². The molecular formula is C38H56Cl3FN4O2. The molecule has 4 atom stereocenters. The van der Waals surface area contributed by atoms with Crippen molar-refractivity contribution in [2.45, 2.75) is 103 Å². The number of rotatable bonds is 13. The Kier molecular flexibility index (Phi) is 16.9. The monoisotopic (exact) mass is 724 g/mol. The number of halogens is 4. The van der Waals surface area contributed by atoms with Crippen LogP contribution in [0.4, 0.5) is 4.39 Å². The molecule has 0 amide bonds. The molecule has 1 aromatic heterocycles. The van der Waals surface area contributed by atoms with Crippen LogP contribution in [0.25, 0.3) is 0 Å². The van der Waals surface area contributed by atoms with Crippen LogP contribution in [0.2, 0.25) is 0 Å². The fourth-order valence-electron chi connectivity index (χ4n) is 7.92. The van der Waals surface area contributed by atoms with Gasteiger partial charge in [-0.3, -0.25) is 14.4 Å². The first-order valence-corrected chi connectivity index (χ1v) is 17.2. The number of carboxylic acids is 1. The number of hydrogen-bond acceptors (Lipinski definition) is 4. The molecule has 2 fully saturated rings. The highest BCUT2D eigenvalue weighted by atomic mass is 35.5. The summed E-state index contributed by atoms with van der Waals surface area (Å²) in [6.45, 7) is 12.4. The molecular weight excluding hydrogens is 670 g/mol. The average molecular weight is 726 g/mol. The van der Waals surface area contributed by atoms with Crippen molar-refractivity contribution in [2.24, 2.45) is 11.8 Å². The van der Waals surface area contributed by atoms with Gasteiger partial charge >= 0.3 is 5.97 Å². The number of nitrogens with zero attached hydrogens (tertiary/aromatic N) is 4. The molecule has 268 valence electrons. The lowest BCUT2D eigenvalue weighted by atomic mass is 9.87. The van der Waals surface area contributed by atoms with Gasteiger partial charge in [-0.05, 0) is 118 Å². The van der Waals surface area contributed by atoms with Gasteiger partial charge in [-0.15, -0.1) is 37.2 Å². The summed E-state index contributed by atoms with van der Waals surface area (Å²) in [5, 5.41) is 15.0. The highest BCUT2D eigenvalue weighted by Crippen LogP contribution is 2.43. The van der Waals surface area contributed by atoms with Crippen LogP contribution in [-0.4, -0.2) is 69.4 Å². The third-order valence-electron chi connectivity index (χ3n) is 10.5. The first kappa shape index (κ1) is 42.0. The van der Waals surface area contributed by atoms with Crippen molar-refractivity contribution in [3.8, 4) is 0 Å². The van der Waals surface area contributed by atoms with Crippen LogP contribution in [0, 0.1) is 17.7 Å². The Hall–Kier alpha value is -2.16. The fourth-order valence-corrected chi connectivity index (χ4v) is 7.92. The van der Waals surface area contributed by atoms with Crippen molar-refractivity contribution in [1.82, 2.24) is 19.6 Å². The predicted octanol–water partition coefficient (Wildman–Crippen LogP) is 8.63. The van der Waals surface area contributed by atoms with Gasteiger partial charge < -0.3 is 10.0 Å². The molecule has 0 spiro atoms. The molecule has 0 bridgehead atoms. The summed E-state index contributed by atoms with van der Waals surface area (Å²) >= 11 is 0. The summed E-state index contributed by atoms with van der Waals surface area (Å²) in [6, 6.07) is 18.0. The molecule has 2 heterocycles. The van der Waals surface area contributed by atoms with E-state index in [1.165, 1.54) is 22.9 Å². The predicted molar refractivity (Wildman–Crippen MR) is 201 cm³/mol. The number of benzene rings is 2. The van der Waals surface area contributed by atoms with Gasteiger partial charge in [0, 0.05) is 37.2 Å². The van der Waals surface area contributed by atoms with E-state index in [0.29, 0.717) is 24.2 Å². The van der Waals surface area contributed by atoms with E-state index in [1.54, 1.807) is 6.07 Å². The molecule has 1 saturated heterocycles. The Morgan fingerprint density at radius 2 is 1.67 bits per heavy atom. The van der Waals surface area contributed by atoms with Crippen molar-refractivity contribution < 1.29 is 14.3 Å². The third-order valence-corrected chi connectivity index (χ3v) is 10.5. The second kappa shape index (κ2) is 19.3. The summed E-state index contributed by atoms with van der Waals surface area (Å²) in [4.78, 5) is 16.9. The lowest BCUT2D eigenvalue weighted by molar-refractivity contribution is -0.144. The molecule has 6 nitrogen and oxygen atoms in total. The number of likely N-dealkylation sites (N-methyl/N-ethyl adjacent to an activating group) is 1. The Bertz CT molecular complexity index is 1410. The molecule has 1 saturated carbocycles. The van der Waals surface area contributed by atoms with Crippen LogP contribution < -0.4 is 0 Å². The number of aryl methyl sites for hydroxylation is 2. The maximum Gasteiger partial charge on any atom is 0.320 e. The van der Waals surface area contributed by atoms with E-state index in [2.05, 4.69) is 78.6 Å². The number of aromatic nitrogens is 2. The van der Waals surface area contributed by atoms with Crippen LogP contribution in [0.5, 0.6) is 0 Å². The van der Waals surface area contributed by atoms with Gasteiger partial charge in [0.05, 0.1) is 5.69 Å². The highest BCUT2D eigenvalue weighted by Gasteiger charge is 2.41. The molecule has 3 unspecified atom stereocenters. The number of likely N-dealkylation sites (tertiary alicyclic amines) is 1. The minimum Gasteiger partial charge on any atom is -0.480 e. The van der Waals surface area contributed by atoms with Crippen LogP contribution in [0.3, 0.4) is 0 Å². The summed E-state index contributed by atoms with van der Waals surface area (Å²) in [7, 11) is 1.98. The summed E-state index contributed by atoms with van der Waals surface area (Å²) < 4.78 is 16.6. The smallest absolute Gasteiger partial charge is 0.320 e. The van der Waals surface area contributed by atoms with E-state index in [-0.39, 0.29) is 55.0 Å². The maximum absolute atomic E-state index is 14.4. The second-order valence-electron chi connectivity index (χ2n) is 14.0. The van der Waals surface area contributed by atoms with Crippen molar-refractivity contribution in [3.63, 3.8) is 0 Å². The van der Waals surface area contributed by atoms with Crippen molar-refractivity contribution in [3.05, 3.63) is 88.5 Å². The van der Waals surface area contributed by atoms with E-state index >= 15 is 0 Å². The summed E-state index contributed by atoms with van der Waals surface area (Å²) in [6.07, 6.45) is 6.56. The molecule has 1 aliphatic carbocycles. The van der Waals surface area contributed by atoms with Gasteiger partial charge in [0.15, 0.2) is 0 Å². The Balaban J connectivity index is 0.00000267. The van der Waals surface area contributed by atoms with Crippen LogP contribution in [0.1, 0.15) is 99.7 Å². The average Bonchev–Trinajstić information content (AvgIpc) is 3.64. The SMILES string of the molecule is CCc1ccc(Cc2cc(C3CCN(CC4CC(N(C)[C@H](CC(C)C)C(=O)O)CC4c4cccc(F)c4)CC3)n(CC)n2)cc1.Cl.Cl.Cl. The number of carboxylic acid groups (broad SMARTS) is 1. The maximum atomic E-state index is 14.4. The standard InChI is InChI=1S/C38H53FN4O2.3ClH/c1-6-27-11-13-28(14-12-27)20-33-23-36(43(7-2)40-33)29-15-17-42(18-16-29)25-31-22-34(41(5)37(38(44)45)19-26(3)4)24-35(31)30-9-8-10-32(39)21-30;;;/h8-14,21,23,26,29,31,34-35,37H,6-7,15-20,22,24-25H2,1-5H3,(H,44,45);3*1H/t31?,34?,35?,37-;;;/m1.../s1.